The van der Waals surface area contributed by atoms with Crippen LogP contribution in [-0.2, 0) is 16.1 Å². The van der Waals surface area contributed by atoms with E-state index < -0.39 is 17.2 Å². The number of nitrogens with one attached hydrogen (secondary N) is 1. The minimum Gasteiger partial charge on any atom is -0.456 e. The van der Waals surface area contributed by atoms with E-state index in [-0.39, 0.29) is 24.2 Å². The van der Waals surface area contributed by atoms with Gasteiger partial charge in [0.2, 0.25) is 11.8 Å². The molecule has 3 heterocycles. The average Bonchev–Trinajstić information content (AvgIpc) is 2.95. The predicted molar refractivity (Wildman–Crippen MR) is 161 cm³/mol. The van der Waals surface area contributed by atoms with Crippen molar-refractivity contribution in [2.45, 2.75) is 102 Å². The number of unbranched alkanes of at least 4 members (excludes halogenated alkanes) is 1. The minimum atomic E-state index is -0.853. The zero-order valence-electron chi connectivity index (χ0n) is 24.4. The van der Waals surface area contributed by atoms with Gasteiger partial charge >= 0.3 is 0 Å². The van der Waals surface area contributed by atoms with Gasteiger partial charge in [0, 0.05) is 38.3 Å². The Balaban J connectivity index is 0.00000387. The first kappa shape index (κ1) is 31.3. The van der Waals surface area contributed by atoms with Crippen LogP contribution in [0, 0.1) is 6.92 Å². The Morgan fingerprint density at radius 3 is 2.32 bits per heavy atom. The monoisotopic (exact) mass is 584 g/mol. The molecule has 1 aliphatic carbocycles. The maximum Gasteiger partial charge on any atom is 0.246 e. The Labute approximate surface area is 250 Å². The highest BCUT2D eigenvalue weighted by Gasteiger charge is 2.54. The number of ether oxygens (including phenoxy) is 1. The third-order valence-electron chi connectivity index (χ3n) is 9.05. The number of carbonyl (C=O) groups excluding carboxylic acids is 2. The van der Waals surface area contributed by atoms with E-state index in [1.807, 2.05) is 36.1 Å². The van der Waals surface area contributed by atoms with E-state index in [1.165, 1.54) is 5.56 Å². The van der Waals surface area contributed by atoms with Crippen molar-refractivity contribution in [2.24, 2.45) is 0 Å². The standard InChI is InChI=1S/C32H44N4O4.ClH/c1-3-4-18-36-29(37)28(21-31(39)14-6-5-7-15-31)34-30(38)32(36)16-19-35(20-17-32)23-25-9-12-26(13-10-25)40-27-11-8-24(2)33-22-27;/h8-13,22,28,39H,3-7,14-21,23H2,1-2H3,(H,34,38);1H/t28-;/m1./s1. The molecule has 41 heavy (non-hydrogen) atoms. The molecule has 2 N–H and O–H groups in total. The van der Waals surface area contributed by atoms with Crippen molar-refractivity contribution in [3.05, 3.63) is 53.9 Å². The highest BCUT2D eigenvalue weighted by Crippen LogP contribution is 2.37. The average molecular weight is 585 g/mol. The predicted octanol–water partition coefficient (Wildman–Crippen LogP) is 5.15. The molecule has 224 valence electrons. The van der Waals surface area contributed by atoms with Crippen LogP contribution < -0.4 is 10.1 Å². The first-order valence-electron chi connectivity index (χ1n) is 15.1. The number of aliphatic hydroxyl groups is 1. The summed E-state index contributed by atoms with van der Waals surface area (Å²) in [7, 11) is 0. The quantitative estimate of drug-likeness (QED) is 0.423. The van der Waals surface area contributed by atoms with Crippen LogP contribution in [0.3, 0.4) is 0 Å². The highest BCUT2D eigenvalue weighted by molar-refractivity contribution is 6.00. The summed E-state index contributed by atoms with van der Waals surface area (Å²) in [5.74, 6) is 1.42. The number of piperidine rings is 1. The second-order valence-corrected chi connectivity index (χ2v) is 12.0. The number of halogens is 1. The van der Waals surface area contributed by atoms with Gasteiger partial charge in [0.05, 0.1) is 11.8 Å². The molecule has 1 aromatic carbocycles. The van der Waals surface area contributed by atoms with Crippen molar-refractivity contribution in [3.63, 3.8) is 0 Å². The maximum atomic E-state index is 13.8. The smallest absolute Gasteiger partial charge is 0.246 e. The van der Waals surface area contributed by atoms with Crippen molar-refractivity contribution >= 4 is 24.2 Å². The summed E-state index contributed by atoms with van der Waals surface area (Å²) < 4.78 is 5.91. The van der Waals surface area contributed by atoms with Crippen molar-refractivity contribution in [2.75, 3.05) is 19.6 Å². The lowest BCUT2D eigenvalue weighted by atomic mass is 9.77. The number of hydrogen-bond donors (Lipinski definition) is 2. The summed E-state index contributed by atoms with van der Waals surface area (Å²) in [5, 5.41) is 14.2. The number of likely N-dealkylation sites (tertiary alicyclic amines) is 1. The van der Waals surface area contributed by atoms with E-state index in [1.54, 1.807) is 6.20 Å². The second kappa shape index (κ2) is 13.5. The zero-order chi connectivity index (χ0) is 28.2. The van der Waals surface area contributed by atoms with Gasteiger partial charge in [-0.3, -0.25) is 19.5 Å². The van der Waals surface area contributed by atoms with E-state index in [0.29, 0.717) is 44.4 Å². The SMILES string of the molecule is CCCCN1C(=O)[C@@H](CC2(O)CCCCC2)NC(=O)C12CCN(Cc1ccc(Oc3ccc(C)nc3)cc1)CC2.Cl. The van der Waals surface area contributed by atoms with E-state index in [2.05, 4.69) is 34.3 Å². The van der Waals surface area contributed by atoms with E-state index in [4.69, 9.17) is 4.74 Å². The highest BCUT2D eigenvalue weighted by atomic mass is 35.5. The molecule has 2 aliphatic heterocycles. The number of aromatic nitrogens is 1. The fourth-order valence-corrected chi connectivity index (χ4v) is 6.60. The largest absolute Gasteiger partial charge is 0.456 e. The summed E-state index contributed by atoms with van der Waals surface area (Å²) in [5.41, 5.74) is 0.479. The van der Waals surface area contributed by atoms with Gasteiger partial charge in [-0.2, -0.15) is 0 Å². The van der Waals surface area contributed by atoms with Crippen LogP contribution in [0.1, 0.15) is 82.4 Å². The van der Waals surface area contributed by atoms with Gasteiger partial charge in [0.1, 0.15) is 23.1 Å². The molecule has 1 saturated carbocycles. The molecule has 1 aromatic heterocycles. The number of amides is 2. The van der Waals surface area contributed by atoms with Crippen LogP contribution in [0.25, 0.3) is 0 Å². The first-order chi connectivity index (χ1) is 19.3. The summed E-state index contributed by atoms with van der Waals surface area (Å²) in [6.45, 7) is 6.91. The Hall–Kier alpha value is -2.68. The zero-order valence-corrected chi connectivity index (χ0v) is 25.3. The summed E-state index contributed by atoms with van der Waals surface area (Å²) in [6, 6.07) is 11.3. The Bertz CT molecular complexity index is 1160. The second-order valence-electron chi connectivity index (χ2n) is 12.0. The lowest BCUT2D eigenvalue weighted by Gasteiger charge is -2.52. The van der Waals surface area contributed by atoms with Crippen LogP contribution >= 0.6 is 12.4 Å². The summed E-state index contributed by atoms with van der Waals surface area (Å²) in [4.78, 5) is 36.0. The van der Waals surface area contributed by atoms with Gasteiger partial charge in [-0.15, -0.1) is 12.4 Å². The van der Waals surface area contributed by atoms with Gasteiger partial charge in [-0.05, 0) is 68.9 Å². The van der Waals surface area contributed by atoms with E-state index in [0.717, 1.165) is 63.2 Å². The van der Waals surface area contributed by atoms with Gasteiger partial charge in [-0.25, -0.2) is 0 Å². The number of aryl methyl sites for hydroxylation is 1. The molecule has 5 rings (SSSR count). The third kappa shape index (κ3) is 7.22. The van der Waals surface area contributed by atoms with Crippen LogP contribution in [0.5, 0.6) is 11.5 Å². The lowest BCUT2D eigenvalue weighted by molar-refractivity contribution is -0.163. The number of pyridine rings is 1. The Morgan fingerprint density at radius 2 is 1.68 bits per heavy atom. The lowest BCUT2D eigenvalue weighted by Crippen LogP contribution is -2.73. The molecular formula is C32H45ClN4O4. The van der Waals surface area contributed by atoms with Crippen molar-refractivity contribution < 1.29 is 19.4 Å². The molecule has 1 atom stereocenters. The summed E-state index contributed by atoms with van der Waals surface area (Å²) in [6.07, 6.45) is 9.60. The molecule has 2 amide bonds. The molecular weight excluding hydrogens is 540 g/mol. The van der Waals surface area contributed by atoms with Crippen LogP contribution in [0.15, 0.2) is 42.6 Å². The fraction of sp³-hybridized carbons (Fsp3) is 0.594. The number of nitrogens with zero attached hydrogens (tertiary/aromatic N) is 3. The van der Waals surface area contributed by atoms with Gasteiger partial charge < -0.3 is 20.1 Å². The number of hydrogen-bond acceptors (Lipinski definition) is 6. The molecule has 1 spiro atoms. The Morgan fingerprint density at radius 1 is 1.00 bits per heavy atom. The van der Waals surface area contributed by atoms with Gasteiger partial charge in [0.15, 0.2) is 0 Å². The molecule has 0 unspecified atom stereocenters. The molecule has 0 radical (unpaired) electrons. The van der Waals surface area contributed by atoms with E-state index in [9.17, 15) is 14.7 Å². The molecule has 2 aromatic rings. The molecule has 2 saturated heterocycles. The van der Waals surface area contributed by atoms with Crippen molar-refractivity contribution in [1.82, 2.24) is 20.1 Å². The first-order valence-corrected chi connectivity index (χ1v) is 15.1. The van der Waals surface area contributed by atoms with Crippen LogP contribution in [0.4, 0.5) is 0 Å². The van der Waals surface area contributed by atoms with Gasteiger partial charge in [-0.1, -0.05) is 44.7 Å². The normalized spacial score (nSPS) is 22.2. The molecule has 3 fully saturated rings. The third-order valence-corrected chi connectivity index (χ3v) is 9.05. The van der Waals surface area contributed by atoms with Crippen LogP contribution in [0.2, 0.25) is 0 Å². The fourth-order valence-electron chi connectivity index (χ4n) is 6.60. The topological polar surface area (TPSA) is 95.0 Å². The Kier molecular flexibility index (Phi) is 10.3. The number of benzene rings is 1. The molecule has 9 heteroatoms. The molecule has 0 bridgehead atoms. The minimum absolute atomic E-state index is 0. The van der Waals surface area contributed by atoms with Crippen LogP contribution in [-0.4, -0.2) is 68.5 Å². The molecule has 3 aliphatic rings. The van der Waals surface area contributed by atoms with Gasteiger partial charge in [0.25, 0.3) is 0 Å². The van der Waals surface area contributed by atoms with E-state index >= 15 is 0 Å². The number of piperazine rings is 1. The summed E-state index contributed by atoms with van der Waals surface area (Å²) >= 11 is 0. The van der Waals surface area contributed by atoms with Crippen molar-refractivity contribution in [1.29, 1.82) is 0 Å². The number of carbonyl (C=O) groups is 2. The van der Waals surface area contributed by atoms with Crippen molar-refractivity contribution in [3.8, 4) is 11.5 Å². The number of rotatable bonds is 9. The maximum absolute atomic E-state index is 13.8. The molecule has 8 nitrogen and oxygen atoms in total.